The summed E-state index contributed by atoms with van der Waals surface area (Å²) in [4.78, 5) is 14.3. The number of rotatable bonds is 5. The normalized spacial score (nSPS) is 16.3. The second kappa shape index (κ2) is 8.80. The molecule has 0 aromatic carbocycles. The van der Waals surface area contributed by atoms with E-state index in [1.807, 2.05) is 0 Å². The van der Waals surface area contributed by atoms with Crippen LogP contribution in [-0.2, 0) is 6.54 Å². The number of guanidine groups is 1. The van der Waals surface area contributed by atoms with E-state index in [1.54, 1.807) is 0 Å². The lowest BCUT2D eigenvalue weighted by atomic mass is 9.96. The van der Waals surface area contributed by atoms with E-state index in [0.29, 0.717) is 25.1 Å². The van der Waals surface area contributed by atoms with Crippen LogP contribution in [0.1, 0.15) is 32.1 Å². The standard InChI is InChI=1S/C12H20N6O2.HI/c13-12(16-10-4-2-1-3-5-10)14-6-7-17-9-11(8-15-17)18(19)20;/h8-10H,1-7H2,(H3,13,14,16);1H. The Morgan fingerprint density at radius 3 is 2.86 bits per heavy atom. The highest BCUT2D eigenvalue weighted by atomic mass is 127. The van der Waals surface area contributed by atoms with Gasteiger partial charge >= 0.3 is 5.69 Å². The molecule has 0 bridgehead atoms. The highest BCUT2D eigenvalue weighted by Crippen LogP contribution is 2.16. The predicted octanol–water partition coefficient (Wildman–Crippen LogP) is 1.65. The molecule has 1 fully saturated rings. The number of nitrogens with zero attached hydrogens (tertiary/aromatic N) is 4. The molecule has 0 aliphatic heterocycles. The molecule has 9 heteroatoms. The van der Waals surface area contributed by atoms with Crippen molar-refractivity contribution in [1.29, 1.82) is 0 Å². The van der Waals surface area contributed by atoms with Crippen molar-refractivity contribution >= 4 is 35.6 Å². The summed E-state index contributed by atoms with van der Waals surface area (Å²) < 4.78 is 1.50. The first-order chi connectivity index (χ1) is 9.65. The molecule has 2 rings (SSSR count). The van der Waals surface area contributed by atoms with Crippen molar-refractivity contribution in [2.24, 2.45) is 10.7 Å². The summed E-state index contributed by atoms with van der Waals surface area (Å²) in [7, 11) is 0. The molecule has 3 N–H and O–H groups in total. The third-order valence-corrected chi connectivity index (χ3v) is 3.40. The molecule has 1 aromatic heterocycles. The van der Waals surface area contributed by atoms with E-state index < -0.39 is 4.92 Å². The first kappa shape index (κ1) is 17.7. The number of halogens is 1. The third-order valence-electron chi connectivity index (χ3n) is 3.40. The fourth-order valence-electron chi connectivity index (χ4n) is 2.34. The van der Waals surface area contributed by atoms with Crippen LogP contribution in [0, 0.1) is 10.1 Å². The van der Waals surface area contributed by atoms with Crippen LogP contribution in [0.2, 0.25) is 0 Å². The van der Waals surface area contributed by atoms with Crippen LogP contribution in [0.15, 0.2) is 17.4 Å². The van der Waals surface area contributed by atoms with E-state index in [2.05, 4.69) is 15.4 Å². The molecule has 0 spiro atoms. The molecule has 8 nitrogen and oxygen atoms in total. The minimum atomic E-state index is -0.467. The molecular formula is C12H21IN6O2. The molecule has 1 aliphatic rings. The summed E-state index contributed by atoms with van der Waals surface area (Å²) in [6.45, 7) is 0.922. The van der Waals surface area contributed by atoms with Crippen molar-refractivity contribution in [3.05, 3.63) is 22.5 Å². The van der Waals surface area contributed by atoms with Gasteiger partial charge in [-0.15, -0.1) is 24.0 Å². The van der Waals surface area contributed by atoms with Gasteiger partial charge in [0.15, 0.2) is 5.96 Å². The second-order valence-electron chi connectivity index (χ2n) is 4.96. The molecule has 1 aliphatic carbocycles. The summed E-state index contributed by atoms with van der Waals surface area (Å²) in [5.41, 5.74) is 5.81. The molecule has 0 radical (unpaired) electrons. The van der Waals surface area contributed by atoms with E-state index in [9.17, 15) is 10.1 Å². The molecule has 1 aromatic rings. The summed E-state index contributed by atoms with van der Waals surface area (Å²) in [6, 6.07) is 0.429. The first-order valence-electron chi connectivity index (χ1n) is 6.88. The SMILES string of the molecule is I.NC(=NCCn1cc([N+](=O)[O-])cn1)NC1CCCCC1. The van der Waals surface area contributed by atoms with Crippen LogP contribution in [0.5, 0.6) is 0 Å². The van der Waals surface area contributed by atoms with Crippen molar-refractivity contribution in [2.45, 2.75) is 44.7 Å². The molecule has 1 heterocycles. The van der Waals surface area contributed by atoms with Gasteiger partial charge in [0.05, 0.1) is 18.0 Å². The van der Waals surface area contributed by atoms with Crippen molar-refractivity contribution in [2.75, 3.05) is 6.54 Å². The van der Waals surface area contributed by atoms with Gasteiger partial charge in [0.2, 0.25) is 0 Å². The fourth-order valence-corrected chi connectivity index (χ4v) is 2.34. The number of nitrogens with two attached hydrogens (primary N) is 1. The van der Waals surface area contributed by atoms with Crippen molar-refractivity contribution < 1.29 is 4.92 Å². The second-order valence-corrected chi connectivity index (χ2v) is 4.96. The maximum Gasteiger partial charge on any atom is 0.306 e. The molecule has 0 atom stereocenters. The molecule has 1 saturated carbocycles. The van der Waals surface area contributed by atoms with Gasteiger partial charge in [0.25, 0.3) is 0 Å². The number of hydrogen-bond acceptors (Lipinski definition) is 4. The van der Waals surface area contributed by atoms with Gasteiger partial charge in [-0.2, -0.15) is 5.10 Å². The van der Waals surface area contributed by atoms with Gasteiger partial charge in [-0.3, -0.25) is 19.8 Å². The maximum atomic E-state index is 10.5. The number of nitrogens with one attached hydrogen (secondary N) is 1. The largest absolute Gasteiger partial charge is 0.370 e. The zero-order chi connectivity index (χ0) is 14.4. The fraction of sp³-hybridized carbons (Fsp3) is 0.667. The molecule has 0 unspecified atom stereocenters. The number of aliphatic imine (C=N–C) groups is 1. The monoisotopic (exact) mass is 408 g/mol. The van der Waals surface area contributed by atoms with E-state index in [4.69, 9.17) is 5.73 Å². The van der Waals surface area contributed by atoms with Crippen LogP contribution in [-0.4, -0.2) is 33.2 Å². The van der Waals surface area contributed by atoms with Crippen LogP contribution in [0.3, 0.4) is 0 Å². The molecule has 0 saturated heterocycles. The van der Waals surface area contributed by atoms with Crippen molar-refractivity contribution in [3.8, 4) is 0 Å². The minimum absolute atomic E-state index is 0. The van der Waals surface area contributed by atoms with Crippen LogP contribution in [0.4, 0.5) is 5.69 Å². The average Bonchev–Trinajstić information content (AvgIpc) is 2.89. The summed E-state index contributed by atoms with van der Waals surface area (Å²) in [5.74, 6) is 0.443. The van der Waals surface area contributed by atoms with Gasteiger partial charge < -0.3 is 11.1 Å². The van der Waals surface area contributed by atoms with E-state index in [1.165, 1.54) is 36.3 Å². The van der Waals surface area contributed by atoms with Crippen LogP contribution < -0.4 is 11.1 Å². The number of hydrogen-bond donors (Lipinski definition) is 2. The Morgan fingerprint density at radius 1 is 1.52 bits per heavy atom. The van der Waals surface area contributed by atoms with E-state index >= 15 is 0 Å². The average molecular weight is 408 g/mol. The number of aromatic nitrogens is 2. The minimum Gasteiger partial charge on any atom is -0.370 e. The molecular weight excluding hydrogens is 387 g/mol. The Morgan fingerprint density at radius 2 is 2.24 bits per heavy atom. The Hall–Kier alpha value is -1.39. The third kappa shape index (κ3) is 5.86. The summed E-state index contributed by atoms with van der Waals surface area (Å²) in [6.07, 6.45) is 8.67. The Labute approximate surface area is 140 Å². The predicted molar refractivity (Wildman–Crippen MR) is 90.8 cm³/mol. The van der Waals surface area contributed by atoms with E-state index in [0.717, 1.165) is 12.8 Å². The highest BCUT2D eigenvalue weighted by molar-refractivity contribution is 14.0. The zero-order valence-electron chi connectivity index (χ0n) is 11.8. The maximum absolute atomic E-state index is 10.5. The zero-order valence-corrected chi connectivity index (χ0v) is 14.1. The lowest BCUT2D eigenvalue weighted by molar-refractivity contribution is -0.385. The van der Waals surface area contributed by atoms with Crippen LogP contribution >= 0.6 is 24.0 Å². The first-order valence-corrected chi connectivity index (χ1v) is 6.88. The smallest absolute Gasteiger partial charge is 0.306 e. The lowest BCUT2D eigenvalue weighted by Gasteiger charge is -2.23. The Bertz CT molecular complexity index is 484. The van der Waals surface area contributed by atoms with E-state index in [-0.39, 0.29) is 29.7 Å². The Kier molecular flexibility index (Phi) is 7.40. The lowest BCUT2D eigenvalue weighted by Crippen LogP contribution is -2.41. The summed E-state index contributed by atoms with van der Waals surface area (Å²) >= 11 is 0. The van der Waals surface area contributed by atoms with Crippen molar-refractivity contribution in [1.82, 2.24) is 15.1 Å². The van der Waals surface area contributed by atoms with Crippen molar-refractivity contribution in [3.63, 3.8) is 0 Å². The molecule has 21 heavy (non-hydrogen) atoms. The van der Waals surface area contributed by atoms with Gasteiger partial charge in [-0.05, 0) is 12.8 Å². The summed E-state index contributed by atoms with van der Waals surface area (Å²) in [5, 5.41) is 17.6. The molecule has 0 amide bonds. The van der Waals surface area contributed by atoms with Crippen LogP contribution in [0.25, 0.3) is 0 Å². The topological polar surface area (TPSA) is 111 Å². The number of nitro groups is 1. The quantitative estimate of drug-likeness (QED) is 0.253. The van der Waals surface area contributed by atoms with Gasteiger partial charge in [-0.1, -0.05) is 19.3 Å². The van der Waals surface area contributed by atoms with Gasteiger partial charge in [-0.25, -0.2) is 0 Å². The highest BCUT2D eigenvalue weighted by Gasteiger charge is 2.13. The Balaban J connectivity index is 0.00000220. The molecule has 118 valence electrons. The van der Waals surface area contributed by atoms with Gasteiger partial charge in [0, 0.05) is 6.04 Å². The van der Waals surface area contributed by atoms with Gasteiger partial charge in [0.1, 0.15) is 12.4 Å².